The second kappa shape index (κ2) is 8.05. The monoisotopic (exact) mass is 206 g/mol. The quantitative estimate of drug-likeness (QED) is 0.290. The average Bonchev–Trinajstić information content (AvgIpc) is 2.02. The minimum absolute atomic E-state index is 0.280. The Bertz CT molecular complexity index is 168. The number of esters is 1. The number of halogens is 1. The number of ether oxygens (including phenoxy) is 1. The molecule has 3 nitrogen and oxygen atoms in total. The number of carbonyl (C=O) groups excluding carboxylic acids is 2. The smallest absolute Gasteiger partial charge is 0.381 e. The first-order valence-electron chi connectivity index (χ1n) is 4.57. The summed E-state index contributed by atoms with van der Waals surface area (Å²) >= 11 is 4.85. The molecule has 13 heavy (non-hydrogen) atoms. The molecule has 0 aliphatic carbocycles. The molecule has 0 fully saturated rings. The number of carbonyl (C=O) groups is 2. The molecule has 0 bridgehead atoms. The predicted octanol–water partition coefficient (Wildman–Crippen LogP) is 3.25. The molecule has 4 heteroatoms. The summed E-state index contributed by atoms with van der Waals surface area (Å²) in [5.74, 6) is -0.531. The Morgan fingerprint density at radius 3 is 2.31 bits per heavy atom. The molecular formula is C9H15ClO3. The zero-order valence-corrected chi connectivity index (χ0v) is 8.60. The highest BCUT2D eigenvalue weighted by atomic mass is 35.5. The van der Waals surface area contributed by atoms with Crippen molar-refractivity contribution in [3.05, 3.63) is 0 Å². The van der Waals surface area contributed by atoms with Gasteiger partial charge in [0.2, 0.25) is 0 Å². The summed E-state index contributed by atoms with van der Waals surface area (Å²) in [6.07, 6.45) is 5.53. The fourth-order valence-electron chi connectivity index (χ4n) is 1.01. The standard InChI is InChI=1S/C9H15ClO3/c1-2-3-4-5-6-7-8(11)13-9(10)12/h2-7H2,1H3. The lowest BCUT2D eigenvalue weighted by atomic mass is 10.1. The number of unbranched alkanes of at least 4 members (excludes halogenated alkanes) is 4. The Balaban J connectivity index is 3.22. The maximum Gasteiger partial charge on any atom is 0.411 e. The molecule has 0 aromatic heterocycles. The van der Waals surface area contributed by atoms with Crippen LogP contribution in [-0.4, -0.2) is 11.4 Å². The van der Waals surface area contributed by atoms with Crippen LogP contribution in [0.5, 0.6) is 0 Å². The van der Waals surface area contributed by atoms with Crippen LogP contribution in [0.1, 0.15) is 45.4 Å². The molecule has 0 aromatic carbocycles. The summed E-state index contributed by atoms with van der Waals surface area (Å²) in [7, 11) is 0. The van der Waals surface area contributed by atoms with E-state index >= 15 is 0 Å². The molecular weight excluding hydrogens is 192 g/mol. The number of rotatable bonds is 6. The van der Waals surface area contributed by atoms with Crippen molar-refractivity contribution in [3.63, 3.8) is 0 Å². The minimum Gasteiger partial charge on any atom is -0.381 e. The van der Waals surface area contributed by atoms with Gasteiger partial charge >= 0.3 is 11.4 Å². The van der Waals surface area contributed by atoms with Gasteiger partial charge in [0.1, 0.15) is 0 Å². The van der Waals surface area contributed by atoms with Gasteiger partial charge in [0, 0.05) is 18.0 Å². The molecule has 0 aliphatic heterocycles. The van der Waals surface area contributed by atoms with Crippen molar-refractivity contribution in [2.45, 2.75) is 45.4 Å². The van der Waals surface area contributed by atoms with E-state index in [-0.39, 0.29) is 6.42 Å². The second-order valence-electron chi connectivity index (χ2n) is 2.88. The largest absolute Gasteiger partial charge is 0.411 e. The van der Waals surface area contributed by atoms with Gasteiger partial charge in [0.25, 0.3) is 0 Å². The predicted molar refractivity (Wildman–Crippen MR) is 50.7 cm³/mol. The Morgan fingerprint density at radius 1 is 1.15 bits per heavy atom. The van der Waals surface area contributed by atoms with Gasteiger partial charge < -0.3 is 4.74 Å². The Kier molecular flexibility index (Phi) is 7.69. The third-order valence-corrected chi connectivity index (χ3v) is 1.76. The first-order valence-corrected chi connectivity index (χ1v) is 4.94. The van der Waals surface area contributed by atoms with Gasteiger partial charge in [-0.25, -0.2) is 4.79 Å². The van der Waals surface area contributed by atoms with Crippen molar-refractivity contribution in [2.75, 3.05) is 0 Å². The van der Waals surface area contributed by atoms with Crippen molar-refractivity contribution >= 4 is 23.0 Å². The zero-order chi connectivity index (χ0) is 10.1. The van der Waals surface area contributed by atoms with Crippen molar-refractivity contribution in [1.29, 1.82) is 0 Å². The van der Waals surface area contributed by atoms with Gasteiger partial charge in [-0.3, -0.25) is 4.79 Å². The van der Waals surface area contributed by atoms with Gasteiger partial charge in [0.15, 0.2) is 0 Å². The van der Waals surface area contributed by atoms with Crippen molar-refractivity contribution in [2.24, 2.45) is 0 Å². The van der Waals surface area contributed by atoms with Gasteiger partial charge in [-0.1, -0.05) is 32.6 Å². The summed E-state index contributed by atoms with van der Waals surface area (Å²) in [6.45, 7) is 2.13. The van der Waals surface area contributed by atoms with Crippen molar-refractivity contribution < 1.29 is 14.3 Å². The van der Waals surface area contributed by atoms with E-state index in [1.807, 2.05) is 0 Å². The molecule has 0 heterocycles. The molecule has 0 N–H and O–H groups in total. The fourth-order valence-corrected chi connectivity index (χ4v) is 1.10. The third kappa shape index (κ3) is 9.34. The highest BCUT2D eigenvalue weighted by Crippen LogP contribution is 2.06. The Hall–Kier alpha value is -0.570. The highest BCUT2D eigenvalue weighted by molar-refractivity contribution is 6.61. The number of hydrogen-bond acceptors (Lipinski definition) is 3. The van der Waals surface area contributed by atoms with Crippen LogP contribution in [-0.2, 0) is 9.53 Å². The topological polar surface area (TPSA) is 43.4 Å². The minimum atomic E-state index is -1.04. The summed E-state index contributed by atoms with van der Waals surface area (Å²) < 4.78 is 4.14. The van der Waals surface area contributed by atoms with Gasteiger partial charge in [-0.2, -0.15) is 0 Å². The summed E-state index contributed by atoms with van der Waals surface area (Å²) in [5.41, 5.74) is -1.04. The summed E-state index contributed by atoms with van der Waals surface area (Å²) in [5, 5.41) is 0. The van der Waals surface area contributed by atoms with Gasteiger partial charge in [-0.05, 0) is 6.42 Å². The van der Waals surface area contributed by atoms with E-state index in [2.05, 4.69) is 11.7 Å². The van der Waals surface area contributed by atoms with E-state index in [0.29, 0.717) is 0 Å². The van der Waals surface area contributed by atoms with E-state index < -0.39 is 11.4 Å². The van der Waals surface area contributed by atoms with Crippen LogP contribution in [0.25, 0.3) is 0 Å². The lowest BCUT2D eigenvalue weighted by Crippen LogP contribution is -2.05. The van der Waals surface area contributed by atoms with Crippen LogP contribution in [0, 0.1) is 0 Å². The maximum atomic E-state index is 10.8. The molecule has 0 aliphatic rings. The summed E-state index contributed by atoms with van der Waals surface area (Å²) in [6, 6.07) is 0. The lowest BCUT2D eigenvalue weighted by molar-refractivity contribution is -0.136. The van der Waals surface area contributed by atoms with Crippen molar-refractivity contribution in [1.82, 2.24) is 0 Å². The molecule has 0 saturated carbocycles. The van der Waals surface area contributed by atoms with E-state index in [4.69, 9.17) is 11.6 Å². The molecule has 0 unspecified atom stereocenters. The normalized spacial score (nSPS) is 9.69. The summed E-state index contributed by atoms with van der Waals surface area (Å²) in [4.78, 5) is 20.9. The molecule has 0 atom stereocenters. The van der Waals surface area contributed by atoms with Crippen LogP contribution in [0.4, 0.5) is 4.79 Å². The molecule has 0 saturated heterocycles. The maximum absolute atomic E-state index is 10.8. The molecule has 0 radical (unpaired) electrons. The molecule has 0 rings (SSSR count). The van der Waals surface area contributed by atoms with E-state index in [0.717, 1.165) is 19.3 Å². The van der Waals surface area contributed by atoms with Crippen LogP contribution in [0.3, 0.4) is 0 Å². The SMILES string of the molecule is CCCCCCCC(=O)OC(=O)Cl. The van der Waals surface area contributed by atoms with Gasteiger partial charge in [-0.15, -0.1) is 0 Å². The van der Waals surface area contributed by atoms with Crippen LogP contribution < -0.4 is 0 Å². The second-order valence-corrected chi connectivity index (χ2v) is 3.18. The molecule has 0 spiro atoms. The van der Waals surface area contributed by atoms with Crippen LogP contribution in [0.2, 0.25) is 0 Å². The highest BCUT2D eigenvalue weighted by Gasteiger charge is 2.06. The van der Waals surface area contributed by atoms with E-state index in [1.54, 1.807) is 0 Å². The fraction of sp³-hybridized carbons (Fsp3) is 0.778. The average molecular weight is 207 g/mol. The Morgan fingerprint density at radius 2 is 1.77 bits per heavy atom. The van der Waals surface area contributed by atoms with E-state index in [1.165, 1.54) is 12.8 Å². The first-order chi connectivity index (χ1) is 6.16. The van der Waals surface area contributed by atoms with Crippen LogP contribution in [0.15, 0.2) is 0 Å². The molecule has 0 amide bonds. The number of hydrogen-bond donors (Lipinski definition) is 0. The Labute approximate surface area is 83.4 Å². The lowest BCUT2D eigenvalue weighted by Gasteiger charge is -1.98. The van der Waals surface area contributed by atoms with E-state index in [9.17, 15) is 9.59 Å². The first kappa shape index (κ1) is 12.4. The third-order valence-electron chi connectivity index (χ3n) is 1.68. The van der Waals surface area contributed by atoms with Gasteiger partial charge in [0.05, 0.1) is 0 Å². The molecule has 76 valence electrons. The van der Waals surface area contributed by atoms with Crippen molar-refractivity contribution in [3.8, 4) is 0 Å². The molecule has 0 aromatic rings. The zero-order valence-electron chi connectivity index (χ0n) is 7.85. The van der Waals surface area contributed by atoms with Crippen LogP contribution >= 0.6 is 11.6 Å².